The molecule has 0 radical (unpaired) electrons. The summed E-state index contributed by atoms with van der Waals surface area (Å²) in [6, 6.07) is 11.5. The first-order valence-corrected chi connectivity index (χ1v) is 10.1. The van der Waals surface area contributed by atoms with Gasteiger partial charge in [0.05, 0.1) is 6.04 Å². The number of aromatic nitrogens is 1. The van der Waals surface area contributed by atoms with Gasteiger partial charge in [-0.05, 0) is 50.6 Å². The summed E-state index contributed by atoms with van der Waals surface area (Å²) in [5.74, 6) is -0.0605. The summed E-state index contributed by atoms with van der Waals surface area (Å²) in [4.78, 5) is 29.4. The molecule has 28 heavy (non-hydrogen) atoms. The van der Waals surface area contributed by atoms with Gasteiger partial charge in [0.25, 0.3) is 0 Å². The number of hydrogen-bond donors (Lipinski definition) is 0. The maximum absolute atomic E-state index is 13.4. The SMILES string of the molecule is CCC(=O)N(CC(=O)N1CCn2cccc2[C@@H]1c1cccc(Cl)c1)C(C)(C)C. The van der Waals surface area contributed by atoms with Crippen molar-refractivity contribution in [3.63, 3.8) is 0 Å². The van der Waals surface area contributed by atoms with Crippen LogP contribution in [0, 0.1) is 0 Å². The number of halogens is 1. The molecule has 5 nitrogen and oxygen atoms in total. The van der Waals surface area contributed by atoms with Gasteiger partial charge >= 0.3 is 0 Å². The molecule has 2 aromatic rings. The molecule has 1 aromatic carbocycles. The van der Waals surface area contributed by atoms with Crippen molar-refractivity contribution in [2.75, 3.05) is 13.1 Å². The molecule has 0 saturated carbocycles. The van der Waals surface area contributed by atoms with E-state index in [2.05, 4.69) is 4.57 Å². The summed E-state index contributed by atoms with van der Waals surface area (Å²) in [6.07, 6.45) is 2.42. The van der Waals surface area contributed by atoms with E-state index in [1.54, 1.807) is 4.90 Å². The minimum Gasteiger partial charge on any atom is -0.348 e. The normalized spacial score (nSPS) is 16.6. The van der Waals surface area contributed by atoms with Gasteiger partial charge in [0, 0.05) is 42.0 Å². The monoisotopic (exact) mass is 401 g/mol. The number of benzene rings is 1. The molecule has 0 N–H and O–H groups in total. The van der Waals surface area contributed by atoms with E-state index < -0.39 is 5.54 Å². The Morgan fingerprint density at radius 2 is 1.93 bits per heavy atom. The molecule has 1 aliphatic rings. The molecule has 0 bridgehead atoms. The molecule has 0 saturated heterocycles. The fourth-order valence-corrected chi connectivity index (χ4v) is 3.99. The van der Waals surface area contributed by atoms with Gasteiger partial charge in [-0.15, -0.1) is 0 Å². The molecule has 1 atom stereocenters. The Hall–Kier alpha value is -2.27. The van der Waals surface area contributed by atoms with Crippen molar-refractivity contribution in [1.29, 1.82) is 0 Å². The van der Waals surface area contributed by atoms with Crippen LogP contribution in [0.15, 0.2) is 42.6 Å². The molecule has 0 aliphatic carbocycles. The maximum Gasteiger partial charge on any atom is 0.243 e. The first kappa shape index (κ1) is 20.5. The van der Waals surface area contributed by atoms with Crippen LogP contribution >= 0.6 is 11.6 Å². The van der Waals surface area contributed by atoms with Crippen LogP contribution in [0.1, 0.15) is 51.4 Å². The summed E-state index contributed by atoms with van der Waals surface area (Å²) in [6.45, 7) is 9.12. The zero-order valence-electron chi connectivity index (χ0n) is 17.0. The molecule has 0 spiro atoms. The lowest BCUT2D eigenvalue weighted by atomic mass is 9.99. The van der Waals surface area contributed by atoms with E-state index in [-0.39, 0.29) is 24.4 Å². The zero-order chi connectivity index (χ0) is 20.5. The number of nitrogens with zero attached hydrogens (tertiary/aromatic N) is 3. The fraction of sp³-hybridized carbons (Fsp3) is 0.455. The van der Waals surface area contributed by atoms with Crippen LogP contribution in [0.4, 0.5) is 0 Å². The number of hydrogen-bond acceptors (Lipinski definition) is 2. The lowest BCUT2D eigenvalue weighted by Crippen LogP contribution is -2.53. The van der Waals surface area contributed by atoms with Gasteiger partial charge in [-0.3, -0.25) is 9.59 Å². The highest BCUT2D eigenvalue weighted by Gasteiger charge is 2.35. The average Bonchev–Trinajstić information content (AvgIpc) is 3.12. The molecule has 150 valence electrons. The molecule has 3 rings (SSSR count). The van der Waals surface area contributed by atoms with Gasteiger partial charge in [-0.25, -0.2) is 0 Å². The van der Waals surface area contributed by atoms with Crippen molar-refractivity contribution >= 4 is 23.4 Å². The summed E-state index contributed by atoms with van der Waals surface area (Å²) in [5.41, 5.74) is 1.63. The number of carbonyl (C=O) groups is 2. The van der Waals surface area contributed by atoms with Crippen molar-refractivity contribution in [3.05, 3.63) is 58.9 Å². The maximum atomic E-state index is 13.4. The first-order valence-electron chi connectivity index (χ1n) is 9.73. The van der Waals surface area contributed by atoms with Gasteiger partial charge in [0.1, 0.15) is 6.54 Å². The highest BCUT2D eigenvalue weighted by Crippen LogP contribution is 2.34. The van der Waals surface area contributed by atoms with Gasteiger partial charge < -0.3 is 14.4 Å². The van der Waals surface area contributed by atoms with Crippen molar-refractivity contribution in [2.24, 2.45) is 0 Å². The quantitative estimate of drug-likeness (QED) is 0.773. The second-order valence-corrected chi connectivity index (χ2v) is 8.61. The van der Waals surface area contributed by atoms with Crippen LogP contribution in [0.2, 0.25) is 5.02 Å². The first-order chi connectivity index (χ1) is 13.2. The summed E-state index contributed by atoms with van der Waals surface area (Å²) >= 11 is 6.23. The number of rotatable bonds is 4. The lowest BCUT2D eigenvalue weighted by Gasteiger charge is -2.41. The van der Waals surface area contributed by atoms with Gasteiger partial charge in [-0.2, -0.15) is 0 Å². The summed E-state index contributed by atoms with van der Waals surface area (Å²) < 4.78 is 2.17. The Balaban J connectivity index is 1.95. The zero-order valence-corrected chi connectivity index (χ0v) is 17.7. The number of fused-ring (bicyclic) bond motifs is 1. The Labute approximate surface area is 171 Å². The molecule has 6 heteroatoms. The van der Waals surface area contributed by atoms with E-state index in [9.17, 15) is 9.59 Å². The standard InChI is InChI=1S/C22H28ClN3O2/c1-5-19(27)26(22(2,3)4)15-20(28)25-13-12-24-11-7-10-18(24)21(25)16-8-6-9-17(23)14-16/h6-11,14,21H,5,12-13,15H2,1-4H3/t21-/m0/s1. The van der Waals surface area contributed by atoms with Crippen LogP contribution in [0.5, 0.6) is 0 Å². The van der Waals surface area contributed by atoms with Crippen molar-refractivity contribution in [2.45, 2.75) is 52.2 Å². The van der Waals surface area contributed by atoms with Crippen LogP contribution < -0.4 is 0 Å². The molecular weight excluding hydrogens is 374 g/mol. The Bertz CT molecular complexity index is 869. The van der Waals surface area contributed by atoms with Crippen LogP contribution in [-0.2, 0) is 16.1 Å². The average molecular weight is 402 g/mol. The predicted octanol–water partition coefficient (Wildman–Crippen LogP) is 4.11. The second kappa shape index (κ2) is 8.00. The third kappa shape index (κ3) is 4.09. The highest BCUT2D eigenvalue weighted by atomic mass is 35.5. The van der Waals surface area contributed by atoms with Gasteiger partial charge in [0.2, 0.25) is 11.8 Å². The number of carbonyl (C=O) groups excluding carboxylic acids is 2. The summed E-state index contributed by atoms with van der Waals surface area (Å²) in [5, 5.41) is 0.644. The van der Waals surface area contributed by atoms with Crippen LogP contribution in [0.25, 0.3) is 0 Å². The number of amides is 2. The molecule has 0 unspecified atom stereocenters. The third-order valence-electron chi connectivity index (χ3n) is 5.23. The Kier molecular flexibility index (Phi) is 5.84. The minimum atomic E-state index is -0.412. The second-order valence-electron chi connectivity index (χ2n) is 8.18. The van der Waals surface area contributed by atoms with E-state index in [0.29, 0.717) is 18.0 Å². The van der Waals surface area contributed by atoms with Crippen molar-refractivity contribution < 1.29 is 9.59 Å². The topological polar surface area (TPSA) is 45.6 Å². The van der Waals surface area contributed by atoms with Gasteiger partial charge in [-0.1, -0.05) is 30.7 Å². The lowest BCUT2D eigenvalue weighted by molar-refractivity contribution is -0.146. The molecule has 1 aliphatic heterocycles. The summed E-state index contributed by atoms with van der Waals surface area (Å²) in [7, 11) is 0. The highest BCUT2D eigenvalue weighted by molar-refractivity contribution is 6.30. The Morgan fingerprint density at radius 1 is 1.18 bits per heavy atom. The molecule has 0 fully saturated rings. The van der Waals surface area contributed by atoms with Crippen LogP contribution in [0.3, 0.4) is 0 Å². The largest absolute Gasteiger partial charge is 0.348 e. The Morgan fingerprint density at radius 3 is 2.57 bits per heavy atom. The minimum absolute atomic E-state index is 0.0134. The third-order valence-corrected chi connectivity index (χ3v) is 5.46. The van der Waals surface area contributed by atoms with Crippen LogP contribution in [-0.4, -0.2) is 44.8 Å². The fourth-order valence-electron chi connectivity index (χ4n) is 3.80. The van der Waals surface area contributed by atoms with Crippen molar-refractivity contribution in [3.8, 4) is 0 Å². The van der Waals surface area contributed by atoms with Crippen molar-refractivity contribution in [1.82, 2.24) is 14.4 Å². The predicted molar refractivity (Wildman–Crippen MR) is 111 cm³/mol. The van der Waals surface area contributed by atoms with E-state index in [1.165, 1.54) is 0 Å². The smallest absolute Gasteiger partial charge is 0.243 e. The molecule has 1 aromatic heterocycles. The van der Waals surface area contributed by atoms with E-state index in [0.717, 1.165) is 17.8 Å². The van der Waals surface area contributed by atoms with E-state index in [1.807, 2.05) is 75.2 Å². The molecule has 2 amide bonds. The van der Waals surface area contributed by atoms with E-state index >= 15 is 0 Å². The molecular formula is C22H28ClN3O2. The molecule has 2 heterocycles. The van der Waals surface area contributed by atoms with E-state index in [4.69, 9.17) is 11.6 Å². The van der Waals surface area contributed by atoms with Gasteiger partial charge in [0.15, 0.2) is 0 Å².